The topological polar surface area (TPSA) is 79.3 Å². The van der Waals surface area contributed by atoms with Gasteiger partial charge in [0.25, 0.3) is 0 Å². The van der Waals surface area contributed by atoms with Crippen molar-refractivity contribution in [1.82, 2.24) is 4.98 Å². The molecule has 1 rings (SSSR count). The Hall–Kier alpha value is 0.340. The first-order chi connectivity index (χ1) is 4.58. The first-order valence-electron chi connectivity index (χ1n) is 2.22. The van der Waals surface area contributed by atoms with Crippen molar-refractivity contribution in [3.63, 3.8) is 0 Å². The third kappa shape index (κ3) is 4.72. The van der Waals surface area contributed by atoms with Gasteiger partial charge in [0.05, 0.1) is 0 Å². The monoisotopic (exact) mass is 204 g/mol. The Morgan fingerprint density at radius 2 is 2.36 bits per heavy atom. The van der Waals surface area contributed by atoms with Gasteiger partial charge in [-0.1, -0.05) is 0 Å². The van der Waals surface area contributed by atoms with E-state index in [1.54, 1.807) is 10.1 Å². The maximum absolute atomic E-state index is 10.1. The van der Waals surface area contributed by atoms with Crippen molar-refractivity contribution in [3.05, 3.63) is 11.6 Å². The van der Waals surface area contributed by atoms with Gasteiger partial charge in [-0.3, -0.25) is 4.55 Å². The molecule has 5 nitrogen and oxygen atoms in total. The summed E-state index contributed by atoms with van der Waals surface area (Å²) >= 11 is 1.09. The molecule has 0 unspecified atom stereocenters. The van der Waals surface area contributed by atoms with E-state index < -0.39 is 10.3 Å². The van der Waals surface area contributed by atoms with Gasteiger partial charge in [-0.05, 0) is 0 Å². The summed E-state index contributed by atoms with van der Waals surface area (Å²) in [6.45, 7) is 0. The Kier molecular flexibility index (Phi) is 4.52. The molecule has 0 fully saturated rings. The van der Waals surface area contributed by atoms with Gasteiger partial charge in [-0.25, -0.2) is 9.71 Å². The van der Waals surface area contributed by atoms with E-state index >= 15 is 0 Å². The fraction of sp³-hybridized carbons (Fsp3) is 0. The van der Waals surface area contributed by atoms with E-state index in [9.17, 15) is 8.42 Å². The van der Waals surface area contributed by atoms with Crippen molar-refractivity contribution in [2.45, 2.75) is 0 Å². The Balaban J connectivity index is 0. The zero-order chi connectivity index (χ0) is 7.61. The summed E-state index contributed by atoms with van der Waals surface area (Å²) < 4.78 is 30.2. The molecule has 0 aliphatic heterocycles. The standard InChI is InChI=1S/C3H4N2O3S2.Na.H/c6-10(7,8)5-3-4-1-2-9-3;;/h1-2H,(H,4,5)(H,6,7,8);;/q;+1;-1. The molecule has 1 aromatic rings. The summed E-state index contributed by atoms with van der Waals surface area (Å²) in [5, 5.41) is 1.75. The normalized spacial score (nSPS) is 10.3. The van der Waals surface area contributed by atoms with Gasteiger partial charge in [-0.15, -0.1) is 11.3 Å². The summed E-state index contributed by atoms with van der Waals surface area (Å²) in [5.74, 6) is 0. The van der Waals surface area contributed by atoms with Crippen molar-refractivity contribution in [1.29, 1.82) is 0 Å². The predicted molar refractivity (Wildman–Crippen MR) is 38.4 cm³/mol. The van der Waals surface area contributed by atoms with Crippen LogP contribution >= 0.6 is 11.3 Å². The Morgan fingerprint density at radius 1 is 1.73 bits per heavy atom. The van der Waals surface area contributed by atoms with E-state index in [0.29, 0.717) is 0 Å². The number of anilines is 1. The van der Waals surface area contributed by atoms with E-state index in [-0.39, 0.29) is 36.1 Å². The molecular formula is C3H5N2NaO3S2. The molecule has 0 radical (unpaired) electrons. The molecule has 1 aromatic heterocycles. The zero-order valence-corrected chi connectivity index (χ0v) is 9.32. The molecule has 0 aliphatic rings. The summed E-state index contributed by atoms with van der Waals surface area (Å²) in [7, 11) is -4.15. The van der Waals surface area contributed by atoms with Crippen LogP contribution in [0.25, 0.3) is 0 Å². The molecule has 1 heterocycles. The molecule has 0 saturated carbocycles. The van der Waals surface area contributed by atoms with Crippen molar-refractivity contribution in [3.8, 4) is 0 Å². The minimum atomic E-state index is -4.15. The molecular weight excluding hydrogens is 199 g/mol. The summed E-state index contributed by atoms with van der Waals surface area (Å²) in [6, 6.07) is 0. The van der Waals surface area contributed by atoms with Crippen molar-refractivity contribution < 1.29 is 44.0 Å². The third-order valence-corrected chi connectivity index (χ3v) is 1.92. The predicted octanol–water partition coefficient (Wildman–Crippen LogP) is -2.53. The van der Waals surface area contributed by atoms with E-state index in [4.69, 9.17) is 4.55 Å². The van der Waals surface area contributed by atoms with Crippen LogP contribution < -0.4 is 34.3 Å². The number of hydrogen-bond donors (Lipinski definition) is 2. The molecule has 8 heteroatoms. The van der Waals surface area contributed by atoms with Crippen LogP contribution in [0.3, 0.4) is 0 Å². The number of hydrogen-bond acceptors (Lipinski definition) is 4. The first kappa shape index (κ1) is 11.3. The number of thiazole rings is 1. The molecule has 0 amide bonds. The minimum absolute atomic E-state index is 0. The van der Waals surface area contributed by atoms with Crippen LogP contribution in [-0.2, 0) is 10.3 Å². The molecule has 0 saturated heterocycles. The molecule has 0 spiro atoms. The second kappa shape index (κ2) is 4.39. The molecule has 0 aliphatic carbocycles. The molecule has 0 aromatic carbocycles. The first-order valence-corrected chi connectivity index (χ1v) is 4.54. The molecule has 11 heavy (non-hydrogen) atoms. The molecule has 58 valence electrons. The second-order valence-corrected chi connectivity index (χ2v) is 3.46. The SMILES string of the molecule is O=S(=O)(O)Nc1nccs1.[H-].[Na+]. The van der Waals surface area contributed by atoms with Crippen molar-refractivity contribution in [2.75, 3.05) is 4.72 Å². The van der Waals surface area contributed by atoms with Gasteiger partial charge in [0.2, 0.25) is 0 Å². The zero-order valence-electron chi connectivity index (χ0n) is 6.68. The Bertz CT molecular complexity index is 299. The van der Waals surface area contributed by atoms with Crippen LogP contribution in [0.2, 0.25) is 0 Å². The molecule has 0 bridgehead atoms. The minimum Gasteiger partial charge on any atom is -1.00 e. The van der Waals surface area contributed by atoms with E-state index in [2.05, 4.69) is 4.98 Å². The summed E-state index contributed by atoms with van der Waals surface area (Å²) in [4.78, 5) is 3.57. The molecule has 0 atom stereocenters. The maximum Gasteiger partial charge on any atom is 1.00 e. The summed E-state index contributed by atoms with van der Waals surface area (Å²) in [6.07, 6.45) is 1.43. The van der Waals surface area contributed by atoms with Crippen LogP contribution in [0.4, 0.5) is 5.13 Å². The van der Waals surface area contributed by atoms with Crippen molar-refractivity contribution in [2.24, 2.45) is 0 Å². The number of rotatable bonds is 2. The van der Waals surface area contributed by atoms with Crippen LogP contribution in [0.1, 0.15) is 1.43 Å². The van der Waals surface area contributed by atoms with E-state index in [1.807, 2.05) is 0 Å². The van der Waals surface area contributed by atoms with E-state index in [1.165, 1.54) is 6.20 Å². The van der Waals surface area contributed by atoms with Crippen LogP contribution in [0, 0.1) is 0 Å². The van der Waals surface area contributed by atoms with Gasteiger partial charge in [-0.2, -0.15) is 8.42 Å². The average Bonchev–Trinajstić information content (AvgIpc) is 2.12. The van der Waals surface area contributed by atoms with Gasteiger partial charge < -0.3 is 1.43 Å². The van der Waals surface area contributed by atoms with Gasteiger partial charge in [0.1, 0.15) is 0 Å². The third-order valence-electron chi connectivity index (χ3n) is 0.649. The van der Waals surface area contributed by atoms with Crippen LogP contribution in [0.5, 0.6) is 0 Å². The fourth-order valence-electron chi connectivity index (χ4n) is 0.384. The Labute approximate surface area is 91.5 Å². The summed E-state index contributed by atoms with van der Waals surface area (Å²) in [5.41, 5.74) is 0. The second-order valence-electron chi connectivity index (χ2n) is 1.41. The fourth-order valence-corrected chi connectivity index (χ4v) is 1.54. The van der Waals surface area contributed by atoms with Crippen LogP contribution in [0.15, 0.2) is 11.6 Å². The maximum atomic E-state index is 10.1. The van der Waals surface area contributed by atoms with Gasteiger partial charge >= 0.3 is 39.9 Å². The van der Waals surface area contributed by atoms with Crippen LogP contribution in [-0.4, -0.2) is 18.0 Å². The Morgan fingerprint density at radius 3 is 2.73 bits per heavy atom. The van der Waals surface area contributed by atoms with Crippen molar-refractivity contribution >= 4 is 26.8 Å². The van der Waals surface area contributed by atoms with Gasteiger partial charge in [0, 0.05) is 11.6 Å². The quantitative estimate of drug-likeness (QED) is 0.411. The van der Waals surface area contributed by atoms with Gasteiger partial charge in [0.15, 0.2) is 5.13 Å². The number of nitrogens with one attached hydrogen (secondary N) is 1. The largest absolute Gasteiger partial charge is 1.00 e. The molecule has 2 N–H and O–H groups in total. The smallest absolute Gasteiger partial charge is 1.00 e. The number of aromatic nitrogens is 1. The van der Waals surface area contributed by atoms with E-state index in [0.717, 1.165) is 11.3 Å². The average molecular weight is 204 g/mol. The number of nitrogens with zero attached hydrogens (tertiary/aromatic N) is 1.